The fourth-order valence-corrected chi connectivity index (χ4v) is 4.66. The highest BCUT2D eigenvalue weighted by Crippen LogP contribution is 2.27. The number of benzene rings is 3. The number of aryl methyl sites for hydroxylation is 1. The molecule has 4 aromatic rings. The maximum absolute atomic E-state index is 6.20. The van der Waals surface area contributed by atoms with Crippen molar-refractivity contribution in [2.24, 2.45) is 0 Å². The Bertz CT molecular complexity index is 1150. The van der Waals surface area contributed by atoms with Gasteiger partial charge < -0.3 is 9.32 Å². The van der Waals surface area contributed by atoms with Crippen LogP contribution in [0, 0.1) is 6.92 Å². The molecular weight excluding hydrogens is 392 g/mol. The van der Waals surface area contributed by atoms with Crippen molar-refractivity contribution in [1.29, 1.82) is 0 Å². The van der Waals surface area contributed by atoms with Crippen LogP contribution in [0.2, 0.25) is 0 Å². The van der Waals surface area contributed by atoms with E-state index in [2.05, 4.69) is 95.6 Å². The van der Waals surface area contributed by atoms with Crippen molar-refractivity contribution in [3.05, 3.63) is 95.7 Å². The molecule has 0 unspecified atom stereocenters. The molecule has 0 amide bonds. The number of fused-ring (bicyclic) bond motifs is 1. The van der Waals surface area contributed by atoms with Gasteiger partial charge in [-0.2, -0.15) is 0 Å². The molecule has 1 aromatic heterocycles. The molecule has 3 heteroatoms. The molecule has 32 heavy (non-hydrogen) atoms. The summed E-state index contributed by atoms with van der Waals surface area (Å²) in [6, 6.07) is 28.3. The first-order valence-electron chi connectivity index (χ1n) is 11.8. The van der Waals surface area contributed by atoms with Crippen LogP contribution >= 0.6 is 0 Å². The monoisotopic (exact) mass is 424 g/mol. The number of hydrogen-bond acceptors (Lipinski definition) is 3. The molecule has 0 atom stereocenters. The molecule has 0 radical (unpaired) electrons. The second kappa shape index (κ2) is 9.72. The molecular formula is C29H32N2O. The summed E-state index contributed by atoms with van der Waals surface area (Å²) in [5.74, 6) is 1.07. The van der Waals surface area contributed by atoms with E-state index >= 15 is 0 Å². The summed E-state index contributed by atoms with van der Waals surface area (Å²) in [7, 11) is 0. The highest BCUT2D eigenvalue weighted by Gasteiger charge is 2.16. The SMILES string of the molecule is Cc1ccc(-c2ccc3oc(CN4CCCN(CCc5ccccc5)CC4)cc3c2)cc1. The lowest BCUT2D eigenvalue weighted by atomic mass is 10.0. The van der Waals surface area contributed by atoms with Gasteiger partial charge in [-0.1, -0.05) is 66.2 Å². The molecule has 5 rings (SSSR count). The summed E-state index contributed by atoms with van der Waals surface area (Å²) in [4.78, 5) is 5.15. The van der Waals surface area contributed by atoms with Gasteiger partial charge in [0.15, 0.2) is 0 Å². The van der Waals surface area contributed by atoms with Crippen LogP contribution in [0.5, 0.6) is 0 Å². The van der Waals surface area contributed by atoms with Crippen LogP contribution < -0.4 is 0 Å². The van der Waals surface area contributed by atoms with Gasteiger partial charge in [-0.05, 0) is 67.7 Å². The number of rotatable bonds is 6. The minimum atomic E-state index is 0.890. The lowest BCUT2D eigenvalue weighted by molar-refractivity contribution is 0.240. The van der Waals surface area contributed by atoms with E-state index in [0.717, 1.165) is 50.5 Å². The topological polar surface area (TPSA) is 19.6 Å². The predicted molar refractivity (Wildman–Crippen MR) is 133 cm³/mol. The van der Waals surface area contributed by atoms with Gasteiger partial charge in [0, 0.05) is 25.0 Å². The van der Waals surface area contributed by atoms with Crippen LogP contribution in [0.4, 0.5) is 0 Å². The zero-order chi connectivity index (χ0) is 21.8. The molecule has 0 spiro atoms. The second-order valence-corrected chi connectivity index (χ2v) is 9.04. The Morgan fingerprint density at radius 2 is 1.50 bits per heavy atom. The second-order valence-electron chi connectivity index (χ2n) is 9.04. The van der Waals surface area contributed by atoms with E-state index in [9.17, 15) is 0 Å². The summed E-state index contributed by atoms with van der Waals surface area (Å²) in [6.45, 7) is 8.70. The average molecular weight is 425 g/mol. The minimum absolute atomic E-state index is 0.890. The predicted octanol–water partition coefficient (Wildman–Crippen LogP) is 6.16. The van der Waals surface area contributed by atoms with Crippen LogP contribution in [-0.2, 0) is 13.0 Å². The van der Waals surface area contributed by atoms with Gasteiger partial charge in [0.05, 0.1) is 6.54 Å². The van der Waals surface area contributed by atoms with E-state index in [1.54, 1.807) is 0 Å². The molecule has 3 aromatic carbocycles. The number of nitrogens with zero attached hydrogens (tertiary/aromatic N) is 2. The van der Waals surface area contributed by atoms with Crippen molar-refractivity contribution in [3.8, 4) is 11.1 Å². The summed E-state index contributed by atoms with van der Waals surface area (Å²) in [5, 5.41) is 1.19. The summed E-state index contributed by atoms with van der Waals surface area (Å²) < 4.78 is 6.20. The van der Waals surface area contributed by atoms with E-state index in [1.807, 2.05) is 0 Å². The quantitative estimate of drug-likeness (QED) is 0.370. The smallest absolute Gasteiger partial charge is 0.134 e. The minimum Gasteiger partial charge on any atom is -0.460 e. The Labute approximate surface area is 191 Å². The lowest BCUT2D eigenvalue weighted by Gasteiger charge is -2.21. The lowest BCUT2D eigenvalue weighted by Crippen LogP contribution is -2.31. The van der Waals surface area contributed by atoms with Crippen molar-refractivity contribution >= 4 is 11.0 Å². The molecule has 1 saturated heterocycles. The molecule has 2 heterocycles. The van der Waals surface area contributed by atoms with Gasteiger partial charge >= 0.3 is 0 Å². The standard InChI is InChI=1S/C29H32N2O/c1-23-8-10-25(11-9-23)26-12-13-29-27(20-26)21-28(32-29)22-31-16-5-15-30(18-19-31)17-14-24-6-3-2-4-7-24/h2-4,6-13,20-21H,5,14-19,22H2,1H3. The third kappa shape index (κ3) is 5.12. The zero-order valence-corrected chi connectivity index (χ0v) is 19.0. The van der Waals surface area contributed by atoms with E-state index in [0.29, 0.717) is 0 Å². The van der Waals surface area contributed by atoms with E-state index in [-0.39, 0.29) is 0 Å². The largest absolute Gasteiger partial charge is 0.460 e. The van der Waals surface area contributed by atoms with Crippen LogP contribution in [0.1, 0.15) is 23.3 Å². The van der Waals surface area contributed by atoms with Crippen LogP contribution in [0.3, 0.4) is 0 Å². The Kier molecular flexibility index (Phi) is 6.38. The number of furan rings is 1. The summed E-state index contributed by atoms with van der Waals surface area (Å²) in [6.07, 6.45) is 2.35. The third-order valence-corrected chi connectivity index (χ3v) is 6.57. The van der Waals surface area contributed by atoms with Gasteiger partial charge in [-0.3, -0.25) is 4.90 Å². The number of hydrogen-bond donors (Lipinski definition) is 0. The maximum Gasteiger partial charge on any atom is 0.134 e. The van der Waals surface area contributed by atoms with Crippen LogP contribution in [0.25, 0.3) is 22.1 Å². The van der Waals surface area contributed by atoms with Gasteiger partial charge in [-0.15, -0.1) is 0 Å². The Balaban J connectivity index is 1.20. The third-order valence-electron chi connectivity index (χ3n) is 6.57. The molecule has 0 aliphatic carbocycles. The van der Waals surface area contributed by atoms with E-state index in [4.69, 9.17) is 4.42 Å². The van der Waals surface area contributed by atoms with Crippen LogP contribution in [-0.4, -0.2) is 42.5 Å². The van der Waals surface area contributed by atoms with Crippen LogP contribution in [0.15, 0.2) is 83.3 Å². The first-order valence-corrected chi connectivity index (χ1v) is 11.8. The molecule has 3 nitrogen and oxygen atoms in total. The highest BCUT2D eigenvalue weighted by molar-refractivity contribution is 5.84. The fraction of sp³-hybridized carbons (Fsp3) is 0.310. The summed E-state index contributed by atoms with van der Waals surface area (Å²) in [5.41, 5.74) is 6.20. The highest BCUT2D eigenvalue weighted by atomic mass is 16.3. The van der Waals surface area contributed by atoms with Gasteiger partial charge in [0.2, 0.25) is 0 Å². The van der Waals surface area contributed by atoms with Gasteiger partial charge in [0.25, 0.3) is 0 Å². The Hall–Kier alpha value is -2.88. The molecule has 0 bridgehead atoms. The Morgan fingerprint density at radius 3 is 2.34 bits per heavy atom. The van der Waals surface area contributed by atoms with E-state index < -0.39 is 0 Å². The molecule has 0 saturated carbocycles. The van der Waals surface area contributed by atoms with E-state index in [1.165, 1.54) is 40.6 Å². The van der Waals surface area contributed by atoms with Gasteiger partial charge in [-0.25, -0.2) is 0 Å². The normalized spacial score (nSPS) is 15.8. The Morgan fingerprint density at radius 1 is 0.750 bits per heavy atom. The summed E-state index contributed by atoms with van der Waals surface area (Å²) >= 11 is 0. The average Bonchev–Trinajstić information content (AvgIpc) is 3.09. The molecule has 0 N–H and O–H groups in total. The molecule has 164 valence electrons. The van der Waals surface area contributed by atoms with Crippen molar-refractivity contribution in [2.75, 3.05) is 32.7 Å². The molecule has 1 fully saturated rings. The van der Waals surface area contributed by atoms with Crippen molar-refractivity contribution < 1.29 is 4.42 Å². The fourth-order valence-electron chi connectivity index (χ4n) is 4.66. The van der Waals surface area contributed by atoms with Crippen molar-refractivity contribution in [2.45, 2.75) is 26.3 Å². The van der Waals surface area contributed by atoms with Gasteiger partial charge in [0.1, 0.15) is 11.3 Å². The zero-order valence-electron chi connectivity index (χ0n) is 19.0. The van der Waals surface area contributed by atoms with Crippen molar-refractivity contribution in [1.82, 2.24) is 9.80 Å². The molecule has 1 aliphatic heterocycles. The molecule has 1 aliphatic rings. The first-order chi connectivity index (χ1) is 15.7. The first kappa shape index (κ1) is 21.0. The maximum atomic E-state index is 6.20. The van der Waals surface area contributed by atoms with Crippen molar-refractivity contribution in [3.63, 3.8) is 0 Å².